The van der Waals surface area contributed by atoms with Crippen LogP contribution in [0.3, 0.4) is 0 Å². The first kappa shape index (κ1) is 18.2. The van der Waals surface area contributed by atoms with Crippen molar-refractivity contribution in [1.82, 2.24) is 15.6 Å². The summed E-state index contributed by atoms with van der Waals surface area (Å²) in [4.78, 5) is 9.18. The molecule has 3 rings (SSSR count). The van der Waals surface area contributed by atoms with Crippen LogP contribution in [0.25, 0.3) is 0 Å². The smallest absolute Gasteiger partial charge is 0.192 e. The van der Waals surface area contributed by atoms with Crippen LogP contribution in [0.5, 0.6) is 5.75 Å². The second-order valence-electron chi connectivity index (χ2n) is 7.26. The number of rotatable bonds is 4. The Kier molecular flexibility index (Phi) is 5.45. The minimum absolute atomic E-state index is 0.151. The minimum atomic E-state index is -0.221. The number of fused-ring (bicyclic) bond motifs is 1. The first-order chi connectivity index (χ1) is 12.5. The summed E-state index contributed by atoms with van der Waals surface area (Å²) >= 11 is 0. The van der Waals surface area contributed by atoms with E-state index in [4.69, 9.17) is 9.73 Å². The van der Waals surface area contributed by atoms with Gasteiger partial charge in [0.1, 0.15) is 11.4 Å². The van der Waals surface area contributed by atoms with Gasteiger partial charge >= 0.3 is 0 Å². The highest BCUT2D eigenvalue weighted by molar-refractivity contribution is 5.80. The van der Waals surface area contributed by atoms with Gasteiger partial charge in [-0.2, -0.15) is 0 Å². The number of benzene rings is 1. The minimum Gasteiger partial charge on any atom is -0.487 e. The molecule has 1 atom stereocenters. The highest BCUT2D eigenvalue weighted by Crippen LogP contribution is 2.39. The Balaban J connectivity index is 1.81. The fourth-order valence-corrected chi connectivity index (χ4v) is 3.25. The van der Waals surface area contributed by atoms with Crippen molar-refractivity contribution in [2.75, 3.05) is 6.54 Å². The van der Waals surface area contributed by atoms with E-state index in [0.717, 1.165) is 35.9 Å². The van der Waals surface area contributed by atoms with Gasteiger partial charge in [-0.3, -0.25) is 4.98 Å². The Bertz CT molecular complexity index is 785. The molecule has 0 fully saturated rings. The molecule has 1 aliphatic rings. The normalized spacial score (nSPS) is 18.6. The lowest BCUT2D eigenvalue weighted by atomic mass is 9.90. The van der Waals surface area contributed by atoms with E-state index in [1.165, 1.54) is 5.56 Å². The predicted molar refractivity (Wildman–Crippen MR) is 105 cm³/mol. The van der Waals surface area contributed by atoms with E-state index in [1.54, 1.807) is 0 Å². The van der Waals surface area contributed by atoms with E-state index in [-0.39, 0.29) is 11.6 Å². The van der Waals surface area contributed by atoms with Crippen molar-refractivity contribution in [3.63, 3.8) is 0 Å². The summed E-state index contributed by atoms with van der Waals surface area (Å²) in [7, 11) is 0. The Morgan fingerprint density at radius 3 is 2.85 bits per heavy atom. The zero-order valence-corrected chi connectivity index (χ0v) is 16.0. The van der Waals surface area contributed by atoms with Gasteiger partial charge in [0.05, 0.1) is 18.3 Å². The lowest BCUT2D eigenvalue weighted by Crippen LogP contribution is -2.45. The van der Waals surface area contributed by atoms with Crippen molar-refractivity contribution >= 4 is 5.96 Å². The van der Waals surface area contributed by atoms with Crippen molar-refractivity contribution in [2.45, 2.75) is 52.3 Å². The van der Waals surface area contributed by atoms with Crippen molar-refractivity contribution in [3.05, 3.63) is 59.4 Å². The zero-order valence-electron chi connectivity index (χ0n) is 16.0. The number of hydrogen-bond acceptors (Lipinski definition) is 3. The van der Waals surface area contributed by atoms with Crippen LogP contribution in [0.2, 0.25) is 0 Å². The molecule has 0 amide bonds. The quantitative estimate of drug-likeness (QED) is 0.650. The van der Waals surface area contributed by atoms with Crippen LogP contribution in [0.15, 0.2) is 47.6 Å². The van der Waals surface area contributed by atoms with Crippen LogP contribution >= 0.6 is 0 Å². The maximum Gasteiger partial charge on any atom is 0.192 e. The summed E-state index contributed by atoms with van der Waals surface area (Å²) in [6.45, 7) is 9.75. The summed E-state index contributed by atoms with van der Waals surface area (Å²) in [5, 5.41) is 6.94. The second-order valence-corrected chi connectivity index (χ2v) is 7.26. The number of aromatic nitrogens is 1. The average molecular weight is 352 g/mol. The number of aliphatic imine (C=N–C) groups is 1. The molecule has 2 N–H and O–H groups in total. The van der Waals surface area contributed by atoms with E-state index >= 15 is 0 Å². The number of nitrogens with zero attached hydrogens (tertiary/aromatic N) is 2. The summed E-state index contributed by atoms with van der Waals surface area (Å²) in [6.07, 6.45) is 2.69. The van der Waals surface area contributed by atoms with Crippen LogP contribution in [0, 0.1) is 6.92 Å². The number of nitrogens with one attached hydrogen (secondary N) is 2. The fraction of sp³-hybridized carbons (Fsp3) is 0.429. The summed E-state index contributed by atoms with van der Waals surface area (Å²) in [5.41, 5.74) is 3.11. The largest absolute Gasteiger partial charge is 0.487 e. The molecule has 1 aromatic carbocycles. The van der Waals surface area contributed by atoms with E-state index in [2.05, 4.69) is 61.5 Å². The van der Waals surface area contributed by atoms with Gasteiger partial charge in [0.15, 0.2) is 5.96 Å². The Labute approximate surface area is 155 Å². The van der Waals surface area contributed by atoms with E-state index in [9.17, 15) is 0 Å². The van der Waals surface area contributed by atoms with Gasteiger partial charge in [0, 0.05) is 24.7 Å². The van der Waals surface area contributed by atoms with Gasteiger partial charge in [-0.25, -0.2) is 4.99 Å². The number of guanidine groups is 1. The molecule has 2 aromatic rings. The van der Waals surface area contributed by atoms with Gasteiger partial charge in [0.25, 0.3) is 0 Å². The van der Waals surface area contributed by atoms with Gasteiger partial charge < -0.3 is 15.4 Å². The molecule has 138 valence electrons. The third-order valence-electron chi connectivity index (χ3n) is 4.54. The molecule has 0 saturated heterocycles. The summed E-state index contributed by atoms with van der Waals surface area (Å²) in [5.74, 6) is 1.74. The van der Waals surface area contributed by atoms with Gasteiger partial charge in [-0.05, 0) is 45.4 Å². The summed E-state index contributed by atoms with van der Waals surface area (Å²) < 4.78 is 6.13. The molecular weight excluding hydrogens is 324 g/mol. The van der Waals surface area contributed by atoms with Crippen molar-refractivity contribution < 1.29 is 4.74 Å². The Hall–Kier alpha value is -2.56. The Morgan fingerprint density at radius 1 is 1.27 bits per heavy atom. The molecule has 26 heavy (non-hydrogen) atoms. The molecule has 0 spiro atoms. The fourth-order valence-electron chi connectivity index (χ4n) is 3.25. The second kappa shape index (κ2) is 7.77. The third-order valence-corrected chi connectivity index (χ3v) is 4.54. The zero-order chi connectivity index (χ0) is 18.6. The van der Waals surface area contributed by atoms with E-state index in [1.807, 2.05) is 24.4 Å². The Morgan fingerprint density at radius 2 is 2.08 bits per heavy atom. The topological polar surface area (TPSA) is 58.5 Å². The SMILES string of the molecule is CCNC(=NCc1ncccc1C)NC1CC(C)(C)Oc2ccccc21. The first-order valence-corrected chi connectivity index (χ1v) is 9.22. The molecule has 1 aliphatic heterocycles. The molecule has 0 radical (unpaired) electrons. The van der Waals surface area contributed by atoms with Crippen molar-refractivity contribution in [2.24, 2.45) is 4.99 Å². The van der Waals surface area contributed by atoms with Gasteiger partial charge in [-0.1, -0.05) is 24.3 Å². The van der Waals surface area contributed by atoms with Crippen LogP contribution in [0.4, 0.5) is 0 Å². The molecule has 1 unspecified atom stereocenters. The van der Waals surface area contributed by atoms with E-state index in [0.29, 0.717) is 6.54 Å². The van der Waals surface area contributed by atoms with Gasteiger partial charge in [-0.15, -0.1) is 0 Å². The highest BCUT2D eigenvalue weighted by Gasteiger charge is 2.33. The maximum atomic E-state index is 6.13. The van der Waals surface area contributed by atoms with Crippen LogP contribution in [0.1, 0.15) is 50.1 Å². The van der Waals surface area contributed by atoms with Crippen LogP contribution in [-0.4, -0.2) is 23.1 Å². The van der Waals surface area contributed by atoms with Crippen LogP contribution < -0.4 is 15.4 Å². The van der Waals surface area contributed by atoms with Crippen molar-refractivity contribution in [3.8, 4) is 5.75 Å². The van der Waals surface area contributed by atoms with Crippen molar-refractivity contribution in [1.29, 1.82) is 0 Å². The first-order valence-electron chi connectivity index (χ1n) is 9.22. The lowest BCUT2D eigenvalue weighted by Gasteiger charge is -2.38. The number of ether oxygens (including phenoxy) is 1. The maximum absolute atomic E-state index is 6.13. The number of hydrogen-bond donors (Lipinski definition) is 2. The number of para-hydroxylation sites is 1. The lowest BCUT2D eigenvalue weighted by molar-refractivity contribution is 0.0694. The summed E-state index contributed by atoms with van der Waals surface area (Å²) in [6, 6.07) is 12.4. The molecule has 0 saturated carbocycles. The molecule has 2 heterocycles. The van der Waals surface area contributed by atoms with E-state index < -0.39 is 0 Å². The van der Waals surface area contributed by atoms with Gasteiger partial charge in [0.2, 0.25) is 0 Å². The highest BCUT2D eigenvalue weighted by atomic mass is 16.5. The molecule has 5 heteroatoms. The average Bonchev–Trinajstić information content (AvgIpc) is 2.60. The molecule has 0 bridgehead atoms. The number of aryl methyl sites for hydroxylation is 1. The molecule has 5 nitrogen and oxygen atoms in total. The number of pyridine rings is 1. The monoisotopic (exact) mass is 352 g/mol. The third kappa shape index (κ3) is 4.34. The predicted octanol–water partition coefficient (Wildman–Crippen LogP) is 3.75. The standard InChI is InChI=1S/C21H28N4O/c1-5-22-20(24-14-18-15(2)9-8-12-23-18)25-17-13-21(3,4)26-19-11-7-6-10-16(17)19/h6-12,17H,5,13-14H2,1-4H3,(H2,22,24,25). The molecular formula is C21H28N4O. The molecule has 0 aliphatic carbocycles. The van der Waals surface area contributed by atoms with Crippen LogP contribution in [-0.2, 0) is 6.54 Å². The molecule has 1 aromatic heterocycles.